The molecule has 1 N–H and O–H groups in total. The Morgan fingerprint density at radius 1 is 1.36 bits per heavy atom. The molecule has 0 fully saturated rings. The summed E-state index contributed by atoms with van der Waals surface area (Å²) < 4.78 is 0. The van der Waals surface area contributed by atoms with Crippen molar-refractivity contribution in [3.8, 4) is 0 Å². The summed E-state index contributed by atoms with van der Waals surface area (Å²) in [6.07, 6.45) is 1.32. The van der Waals surface area contributed by atoms with E-state index >= 15 is 0 Å². The number of halogens is 2. The molecule has 0 amide bonds. The van der Waals surface area contributed by atoms with E-state index in [1.54, 1.807) is 18.2 Å². The summed E-state index contributed by atoms with van der Waals surface area (Å²) in [5, 5.41) is 9.38. The third-order valence-corrected chi connectivity index (χ3v) is 2.48. The standard InChI is InChI=1S/C9H6Cl2O2S/c10-6-2-1-3-7(11)5(6)4-8(14)9(12)13/h1-4,14H,(H,12,13)/b8-4+. The van der Waals surface area contributed by atoms with Gasteiger partial charge in [0.05, 0.1) is 4.91 Å². The van der Waals surface area contributed by atoms with E-state index in [1.807, 2.05) is 0 Å². The molecular formula is C9H6Cl2O2S. The maximum atomic E-state index is 10.5. The van der Waals surface area contributed by atoms with Gasteiger partial charge in [-0.05, 0) is 18.2 Å². The van der Waals surface area contributed by atoms with Crippen molar-refractivity contribution in [2.75, 3.05) is 0 Å². The molecule has 0 radical (unpaired) electrons. The quantitative estimate of drug-likeness (QED) is 0.623. The average molecular weight is 249 g/mol. The van der Waals surface area contributed by atoms with Crippen molar-refractivity contribution in [3.05, 3.63) is 38.7 Å². The van der Waals surface area contributed by atoms with E-state index in [2.05, 4.69) is 12.6 Å². The smallest absolute Gasteiger partial charge is 0.341 e. The van der Waals surface area contributed by atoms with E-state index in [-0.39, 0.29) is 4.91 Å². The molecule has 1 aromatic carbocycles. The van der Waals surface area contributed by atoms with Crippen molar-refractivity contribution < 1.29 is 9.90 Å². The lowest BCUT2D eigenvalue weighted by molar-refractivity contribution is -0.131. The van der Waals surface area contributed by atoms with Gasteiger partial charge in [-0.1, -0.05) is 29.3 Å². The van der Waals surface area contributed by atoms with Crippen LogP contribution >= 0.6 is 35.8 Å². The Balaban J connectivity index is 3.20. The molecule has 0 atom stereocenters. The molecule has 0 spiro atoms. The molecule has 0 aliphatic carbocycles. The molecular weight excluding hydrogens is 243 g/mol. The predicted molar refractivity (Wildman–Crippen MR) is 61.1 cm³/mol. The molecule has 0 bridgehead atoms. The first-order valence-corrected chi connectivity index (χ1v) is 4.80. The number of aliphatic carboxylic acids is 1. The lowest BCUT2D eigenvalue weighted by Gasteiger charge is -2.01. The second kappa shape index (κ2) is 4.73. The maximum absolute atomic E-state index is 10.5. The van der Waals surface area contributed by atoms with Gasteiger partial charge in [-0.2, -0.15) is 0 Å². The highest BCUT2D eigenvalue weighted by Crippen LogP contribution is 2.27. The third kappa shape index (κ3) is 2.67. The van der Waals surface area contributed by atoms with Crippen molar-refractivity contribution >= 4 is 47.9 Å². The van der Waals surface area contributed by atoms with Crippen LogP contribution in [0.2, 0.25) is 10.0 Å². The number of thiol groups is 1. The van der Waals surface area contributed by atoms with Crippen LogP contribution in [0.15, 0.2) is 23.1 Å². The normalized spacial score (nSPS) is 11.5. The van der Waals surface area contributed by atoms with E-state index in [4.69, 9.17) is 28.3 Å². The molecule has 0 aliphatic heterocycles. The van der Waals surface area contributed by atoms with Crippen LogP contribution in [0.25, 0.3) is 6.08 Å². The Labute approximate surface area is 96.6 Å². The van der Waals surface area contributed by atoms with Gasteiger partial charge >= 0.3 is 5.97 Å². The summed E-state index contributed by atoms with van der Waals surface area (Å²) >= 11 is 15.4. The SMILES string of the molecule is O=C(O)/C(S)=C\c1c(Cl)cccc1Cl. The monoisotopic (exact) mass is 248 g/mol. The number of benzene rings is 1. The number of rotatable bonds is 2. The molecule has 0 saturated carbocycles. The summed E-state index contributed by atoms with van der Waals surface area (Å²) in [6, 6.07) is 4.94. The van der Waals surface area contributed by atoms with Gasteiger partial charge in [0.15, 0.2) is 0 Å². The van der Waals surface area contributed by atoms with Gasteiger partial charge in [0.2, 0.25) is 0 Å². The number of carboxylic acids is 1. The second-order valence-corrected chi connectivity index (χ2v) is 3.77. The van der Waals surface area contributed by atoms with Crippen molar-refractivity contribution in [2.45, 2.75) is 0 Å². The minimum Gasteiger partial charge on any atom is -0.477 e. The van der Waals surface area contributed by atoms with E-state index < -0.39 is 5.97 Å². The molecule has 0 heterocycles. The first-order valence-electron chi connectivity index (χ1n) is 3.60. The zero-order chi connectivity index (χ0) is 10.7. The fraction of sp³-hybridized carbons (Fsp3) is 0. The van der Waals surface area contributed by atoms with Crippen molar-refractivity contribution in [2.24, 2.45) is 0 Å². The van der Waals surface area contributed by atoms with E-state index in [0.717, 1.165) is 0 Å². The van der Waals surface area contributed by atoms with Crippen LogP contribution in [-0.2, 0) is 4.79 Å². The second-order valence-electron chi connectivity index (χ2n) is 2.47. The molecule has 14 heavy (non-hydrogen) atoms. The number of carbonyl (C=O) groups is 1. The Morgan fingerprint density at radius 2 is 1.86 bits per heavy atom. The molecule has 2 nitrogen and oxygen atoms in total. The van der Waals surface area contributed by atoms with Crippen molar-refractivity contribution in [1.82, 2.24) is 0 Å². The predicted octanol–water partition coefficient (Wildman–Crippen LogP) is 3.35. The van der Waals surface area contributed by atoms with Crippen molar-refractivity contribution in [1.29, 1.82) is 0 Å². The maximum Gasteiger partial charge on any atom is 0.341 e. The Bertz CT molecular complexity index is 382. The Hall–Kier alpha value is -0.640. The molecule has 0 unspecified atom stereocenters. The van der Waals surface area contributed by atoms with Crippen LogP contribution < -0.4 is 0 Å². The molecule has 0 saturated heterocycles. The van der Waals surface area contributed by atoms with Gasteiger partial charge < -0.3 is 5.11 Å². The zero-order valence-electron chi connectivity index (χ0n) is 6.87. The Kier molecular flexibility index (Phi) is 3.86. The summed E-state index contributed by atoms with van der Waals surface area (Å²) in [7, 11) is 0. The first-order chi connectivity index (χ1) is 6.52. The molecule has 0 aliphatic rings. The number of carboxylic acid groups (broad SMARTS) is 1. The van der Waals surface area contributed by atoms with Crippen LogP contribution in [0.1, 0.15) is 5.56 Å². The average Bonchev–Trinajstić information content (AvgIpc) is 2.11. The minimum atomic E-state index is -1.12. The fourth-order valence-electron chi connectivity index (χ4n) is 0.847. The van der Waals surface area contributed by atoms with Gasteiger partial charge in [-0.3, -0.25) is 0 Å². The number of hydrogen-bond donors (Lipinski definition) is 2. The van der Waals surface area contributed by atoms with Gasteiger partial charge in [-0.25, -0.2) is 4.79 Å². The highest BCUT2D eigenvalue weighted by molar-refractivity contribution is 7.85. The summed E-state index contributed by atoms with van der Waals surface area (Å²) in [5.41, 5.74) is 0.461. The Morgan fingerprint density at radius 3 is 2.29 bits per heavy atom. The van der Waals surface area contributed by atoms with E-state index in [0.29, 0.717) is 15.6 Å². The third-order valence-electron chi connectivity index (χ3n) is 1.50. The first kappa shape index (κ1) is 11.4. The lowest BCUT2D eigenvalue weighted by atomic mass is 10.2. The highest BCUT2D eigenvalue weighted by Gasteiger charge is 2.06. The van der Waals surface area contributed by atoms with Crippen LogP contribution in [0.3, 0.4) is 0 Å². The number of hydrogen-bond acceptors (Lipinski definition) is 2. The van der Waals surface area contributed by atoms with Crippen LogP contribution in [0.5, 0.6) is 0 Å². The summed E-state index contributed by atoms with van der Waals surface area (Å²) in [4.78, 5) is 10.4. The van der Waals surface area contributed by atoms with Gasteiger partial charge in [-0.15, -0.1) is 12.6 Å². The molecule has 74 valence electrons. The largest absolute Gasteiger partial charge is 0.477 e. The zero-order valence-corrected chi connectivity index (χ0v) is 9.27. The summed E-state index contributed by atoms with van der Waals surface area (Å²) in [6.45, 7) is 0. The van der Waals surface area contributed by atoms with Crippen LogP contribution in [0, 0.1) is 0 Å². The summed E-state index contributed by atoms with van der Waals surface area (Å²) in [5.74, 6) is -1.12. The van der Waals surface area contributed by atoms with Crippen LogP contribution in [0.4, 0.5) is 0 Å². The fourth-order valence-corrected chi connectivity index (χ4v) is 1.48. The van der Waals surface area contributed by atoms with E-state index in [9.17, 15) is 4.79 Å². The van der Waals surface area contributed by atoms with Crippen LogP contribution in [-0.4, -0.2) is 11.1 Å². The van der Waals surface area contributed by atoms with Gasteiger partial charge in [0.25, 0.3) is 0 Å². The lowest BCUT2D eigenvalue weighted by Crippen LogP contribution is -1.93. The molecule has 1 rings (SSSR count). The topological polar surface area (TPSA) is 37.3 Å². The minimum absolute atomic E-state index is 0.111. The molecule has 5 heteroatoms. The molecule has 1 aromatic rings. The van der Waals surface area contributed by atoms with Gasteiger partial charge in [0, 0.05) is 15.6 Å². The van der Waals surface area contributed by atoms with Crippen molar-refractivity contribution in [3.63, 3.8) is 0 Å². The van der Waals surface area contributed by atoms with E-state index in [1.165, 1.54) is 6.08 Å². The molecule has 0 aromatic heterocycles. The highest BCUT2D eigenvalue weighted by atomic mass is 35.5. The van der Waals surface area contributed by atoms with Gasteiger partial charge in [0.1, 0.15) is 0 Å².